The normalized spacial score (nSPS) is 11.9. The van der Waals surface area contributed by atoms with Gasteiger partial charge in [0, 0.05) is 35.0 Å². The first kappa shape index (κ1) is 31.5. The number of benzene rings is 1. The molecule has 1 aromatic rings. The van der Waals surface area contributed by atoms with Crippen molar-refractivity contribution < 1.29 is 8.78 Å². The van der Waals surface area contributed by atoms with E-state index in [4.69, 9.17) is 11.6 Å². The third kappa shape index (κ3) is 12.1. The van der Waals surface area contributed by atoms with Crippen LogP contribution >= 0.6 is 11.6 Å². The fourth-order valence-corrected chi connectivity index (χ4v) is 2.26. The van der Waals surface area contributed by atoms with Crippen LogP contribution in [-0.2, 0) is 0 Å². The lowest BCUT2D eigenvalue weighted by Crippen LogP contribution is -2.08. The van der Waals surface area contributed by atoms with Gasteiger partial charge in [0.15, 0.2) is 0 Å². The highest BCUT2D eigenvalue weighted by molar-refractivity contribution is 6.29. The molecule has 0 aromatic heterocycles. The van der Waals surface area contributed by atoms with Gasteiger partial charge in [0.05, 0.1) is 0 Å². The zero-order chi connectivity index (χ0) is 23.4. The van der Waals surface area contributed by atoms with Gasteiger partial charge in [0.2, 0.25) is 0 Å². The molecule has 0 bridgehead atoms. The lowest BCUT2D eigenvalue weighted by Gasteiger charge is -2.14. The van der Waals surface area contributed by atoms with Crippen molar-refractivity contribution >= 4 is 17.2 Å². The van der Waals surface area contributed by atoms with Gasteiger partial charge in [0.1, 0.15) is 11.6 Å². The first-order valence-corrected chi connectivity index (χ1v) is 10.1. The first-order valence-electron chi connectivity index (χ1n) is 9.68. The number of nitrogens with two attached hydrogens (primary N) is 1. The van der Waals surface area contributed by atoms with E-state index in [0.717, 1.165) is 29.5 Å². The SMILES string of the molecule is C=C.C=C(NC)/C(=C/C1=CC=C(Cl)CC1)c1ccc(F)cc1F.CC.CC.CN. The Morgan fingerprint density at radius 3 is 2.03 bits per heavy atom. The van der Waals surface area contributed by atoms with Crippen LogP contribution in [0.15, 0.2) is 72.5 Å². The van der Waals surface area contributed by atoms with Crippen molar-refractivity contribution in [2.75, 3.05) is 14.1 Å². The van der Waals surface area contributed by atoms with Gasteiger partial charge in [0.25, 0.3) is 0 Å². The molecular weight excluding hydrogens is 390 g/mol. The van der Waals surface area contributed by atoms with Crippen molar-refractivity contribution in [2.45, 2.75) is 40.5 Å². The fourth-order valence-electron chi connectivity index (χ4n) is 2.10. The predicted octanol–water partition coefficient (Wildman–Crippen LogP) is 7.35. The molecule has 1 aliphatic carbocycles. The number of nitrogens with one attached hydrogen (secondary N) is 1. The quantitative estimate of drug-likeness (QED) is 0.390. The summed E-state index contributed by atoms with van der Waals surface area (Å²) in [7, 11) is 3.21. The molecule has 0 aliphatic heterocycles. The first-order chi connectivity index (χ1) is 14.0. The average Bonchev–Trinajstić information content (AvgIpc) is 2.79. The molecule has 3 N–H and O–H groups in total. The number of rotatable bonds is 4. The molecule has 0 atom stereocenters. The highest BCUT2D eigenvalue weighted by Gasteiger charge is 2.13. The molecule has 29 heavy (non-hydrogen) atoms. The van der Waals surface area contributed by atoms with Gasteiger partial charge in [-0.15, -0.1) is 13.2 Å². The summed E-state index contributed by atoms with van der Waals surface area (Å²) in [6.45, 7) is 17.9. The van der Waals surface area contributed by atoms with Crippen LogP contribution in [0.1, 0.15) is 46.1 Å². The molecule has 2 rings (SSSR count). The summed E-state index contributed by atoms with van der Waals surface area (Å²) >= 11 is 5.93. The number of likely N-dealkylation sites (N-methyl/N-ethyl adjacent to an activating group) is 1. The van der Waals surface area contributed by atoms with Crippen molar-refractivity contribution in [2.24, 2.45) is 5.73 Å². The minimum Gasteiger partial charge on any atom is -0.388 e. The van der Waals surface area contributed by atoms with Crippen molar-refractivity contribution in [1.82, 2.24) is 5.32 Å². The second-order valence-electron chi connectivity index (χ2n) is 4.77. The van der Waals surface area contributed by atoms with Gasteiger partial charge in [-0.05, 0) is 49.7 Å². The summed E-state index contributed by atoms with van der Waals surface area (Å²) in [5.74, 6) is -1.21. The second kappa shape index (κ2) is 20.6. The summed E-state index contributed by atoms with van der Waals surface area (Å²) in [6, 6.07) is 3.53. The van der Waals surface area contributed by atoms with Crippen LogP contribution in [0.5, 0.6) is 0 Å². The molecule has 0 amide bonds. The molecule has 0 unspecified atom stereocenters. The smallest absolute Gasteiger partial charge is 0.134 e. The van der Waals surface area contributed by atoms with Gasteiger partial charge in [-0.3, -0.25) is 0 Å². The maximum Gasteiger partial charge on any atom is 0.134 e. The molecule has 0 saturated heterocycles. The van der Waals surface area contributed by atoms with E-state index in [0.29, 0.717) is 16.8 Å². The van der Waals surface area contributed by atoms with Gasteiger partial charge >= 0.3 is 0 Å². The summed E-state index contributed by atoms with van der Waals surface area (Å²) in [5.41, 5.74) is 7.02. The van der Waals surface area contributed by atoms with E-state index in [1.165, 1.54) is 19.2 Å². The van der Waals surface area contributed by atoms with Crippen molar-refractivity contribution in [3.63, 3.8) is 0 Å². The maximum absolute atomic E-state index is 14.0. The van der Waals surface area contributed by atoms with Crippen LogP contribution in [0, 0.1) is 11.6 Å². The number of halogens is 3. The predicted molar refractivity (Wildman–Crippen MR) is 128 cm³/mol. The van der Waals surface area contributed by atoms with E-state index in [1.807, 2.05) is 45.9 Å². The van der Waals surface area contributed by atoms with Crippen LogP contribution in [0.4, 0.5) is 8.78 Å². The van der Waals surface area contributed by atoms with Crippen molar-refractivity contribution in [3.05, 3.63) is 89.7 Å². The third-order valence-electron chi connectivity index (χ3n) is 3.31. The van der Waals surface area contributed by atoms with Gasteiger partial charge in [-0.25, -0.2) is 8.78 Å². The zero-order valence-electron chi connectivity index (χ0n) is 18.7. The Hall–Kier alpha value is -2.17. The minimum absolute atomic E-state index is 0.317. The van der Waals surface area contributed by atoms with Gasteiger partial charge in [-0.2, -0.15) is 0 Å². The molecule has 0 fully saturated rings. The van der Waals surface area contributed by atoms with Crippen LogP contribution in [0.2, 0.25) is 0 Å². The van der Waals surface area contributed by atoms with E-state index in [-0.39, 0.29) is 0 Å². The Kier molecular flexibility index (Phi) is 22.3. The van der Waals surface area contributed by atoms with Crippen LogP contribution in [0.3, 0.4) is 0 Å². The lowest BCUT2D eigenvalue weighted by atomic mass is 9.96. The Labute approximate surface area is 181 Å². The largest absolute Gasteiger partial charge is 0.388 e. The van der Waals surface area contributed by atoms with Gasteiger partial charge < -0.3 is 11.1 Å². The summed E-state index contributed by atoms with van der Waals surface area (Å²) in [6.07, 6.45) is 7.12. The highest BCUT2D eigenvalue weighted by Crippen LogP contribution is 2.29. The zero-order valence-corrected chi connectivity index (χ0v) is 19.5. The van der Waals surface area contributed by atoms with E-state index in [9.17, 15) is 8.78 Å². The van der Waals surface area contributed by atoms with Crippen LogP contribution in [-0.4, -0.2) is 14.1 Å². The molecule has 1 aromatic carbocycles. The molecule has 0 heterocycles. The molecule has 1 aliphatic rings. The fraction of sp³-hybridized carbons (Fsp3) is 0.333. The average molecular weight is 427 g/mol. The standard InChI is InChI=1S/C17H16ClF2N.2C2H6.C2H4.CH5N/c1-11(21-2)16(9-12-3-5-13(18)6-4-12)15-8-7-14(19)10-17(15)20;4*1-2/h3,5,7-10,21H,1,4,6H2,2H3;2*1-2H3;1-2H2;2H2,1H3/b16-9-;;;;. The summed E-state index contributed by atoms with van der Waals surface area (Å²) in [4.78, 5) is 0. The van der Waals surface area contributed by atoms with E-state index < -0.39 is 11.6 Å². The lowest BCUT2D eigenvalue weighted by molar-refractivity contribution is 0.581. The van der Waals surface area contributed by atoms with Crippen LogP contribution < -0.4 is 11.1 Å². The Balaban J connectivity index is -0.000000754. The number of allylic oxidation sites excluding steroid dienone is 6. The number of hydrogen-bond acceptors (Lipinski definition) is 2. The Morgan fingerprint density at radius 1 is 1.07 bits per heavy atom. The Morgan fingerprint density at radius 2 is 1.62 bits per heavy atom. The molecule has 0 spiro atoms. The van der Waals surface area contributed by atoms with Crippen molar-refractivity contribution in [3.8, 4) is 0 Å². The minimum atomic E-state index is -0.609. The monoisotopic (exact) mass is 426 g/mol. The topological polar surface area (TPSA) is 38.0 Å². The number of hydrogen-bond donors (Lipinski definition) is 2. The van der Waals surface area contributed by atoms with E-state index in [1.54, 1.807) is 7.05 Å². The van der Waals surface area contributed by atoms with Crippen molar-refractivity contribution in [1.29, 1.82) is 0 Å². The third-order valence-corrected chi connectivity index (χ3v) is 3.62. The van der Waals surface area contributed by atoms with Gasteiger partial charge in [-0.1, -0.05) is 52.0 Å². The second-order valence-corrected chi connectivity index (χ2v) is 5.25. The Bertz CT molecular complexity index is 677. The molecule has 0 radical (unpaired) electrons. The highest BCUT2D eigenvalue weighted by atomic mass is 35.5. The summed E-state index contributed by atoms with van der Waals surface area (Å²) < 4.78 is 27.1. The van der Waals surface area contributed by atoms with Crippen LogP contribution in [0.25, 0.3) is 5.57 Å². The van der Waals surface area contributed by atoms with E-state index in [2.05, 4.69) is 30.8 Å². The molecule has 0 saturated carbocycles. The summed E-state index contributed by atoms with van der Waals surface area (Å²) in [5, 5.41) is 3.71. The molecule has 164 valence electrons. The molecule has 5 heteroatoms. The molecular formula is C24H37ClF2N2. The molecule has 2 nitrogen and oxygen atoms in total. The van der Waals surface area contributed by atoms with E-state index >= 15 is 0 Å². The maximum atomic E-state index is 14.0.